The second-order valence-corrected chi connectivity index (χ2v) is 7.92. The van der Waals surface area contributed by atoms with Gasteiger partial charge in [0, 0.05) is 15.9 Å². The number of rotatable bonds is 4. The van der Waals surface area contributed by atoms with Crippen LogP contribution in [0.5, 0.6) is 0 Å². The Kier molecular flexibility index (Phi) is 4.63. The first-order valence-electron chi connectivity index (χ1n) is 7.23. The number of hydrogen-bond acceptors (Lipinski definition) is 2. The summed E-state index contributed by atoms with van der Waals surface area (Å²) in [5.74, 6) is 0. The summed E-state index contributed by atoms with van der Waals surface area (Å²) in [6, 6.07) is 30.0. The zero-order chi connectivity index (χ0) is 16.0. The van der Waals surface area contributed by atoms with Gasteiger partial charge in [-0.3, -0.25) is 0 Å². The van der Waals surface area contributed by atoms with Crippen LogP contribution in [0.3, 0.4) is 0 Å². The van der Waals surface area contributed by atoms with Gasteiger partial charge in [0.2, 0.25) is 0 Å². The Morgan fingerprint density at radius 2 is 0.957 bits per heavy atom. The van der Waals surface area contributed by atoms with E-state index in [0.29, 0.717) is 0 Å². The van der Waals surface area contributed by atoms with Crippen molar-refractivity contribution in [3.05, 3.63) is 91.0 Å². The minimum atomic E-state index is -2.37. The van der Waals surface area contributed by atoms with E-state index in [-0.39, 0.29) is 0 Å². The van der Waals surface area contributed by atoms with E-state index in [1.54, 1.807) is 6.08 Å². The zero-order valence-electron chi connectivity index (χ0n) is 12.4. The average Bonchev–Trinajstić information content (AvgIpc) is 2.65. The lowest BCUT2D eigenvalue weighted by Crippen LogP contribution is -2.25. The highest BCUT2D eigenvalue weighted by Gasteiger charge is 2.27. The van der Waals surface area contributed by atoms with Gasteiger partial charge in [0.05, 0.1) is 7.05 Å². The second kappa shape index (κ2) is 7.02. The van der Waals surface area contributed by atoms with Crippen LogP contribution in [0.2, 0.25) is 0 Å². The molecule has 0 aromatic heterocycles. The van der Waals surface area contributed by atoms with Gasteiger partial charge in [-0.1, -0.05) is 96.1 Å². The molecule has 0 aliphatic carbocycles. The number of nitrogens with zero attached hydrogens (tertiary/aromatic N) is 2. The molecule has 0 saturated carbocycles. The summed E-state index contributed by atoms with van der Waals surface area (Å²) >= 11 is 0. The maximum absolute atomic E-state index is 10.8. The molecule has 0 fully saturated rings. The normalized spacial score (nSPS) is 10.6. The van der Waals surface area contributed by atoms with Crippen LogP contribution in [0.4, 0.5) is 0 Å². The Morgan fingerprint density at radius 1 is 0.609 bits per heavy atom. The van der Waals surface area contributed by atoms with Crippen molar-refractivity contribution in [2.75, 3.05) is 0 Å². The molecule has 3 aromatic carbocycles. The van der Waals surface area contributed by atoms with Crippen LogP contribution in [0.15, 0.2) is 101 Å². The zero-order valence-corrected chi connectivity index (χ0v) is 13.3. The molecule has 3 aromatic rings. The van der Waals surface area contributed by atoms with Crippen LogP contribution in [0.25, 0.3) is 0 Å². The molecule has 3 nitrogen and oxygen atoms in total. The highest BCUT2D eigenvalue weighted by atomic mass is 31.2. The summed E-state index contributed by atoms with van der Waals surface area (Å²) in [6.07, 6.45) is 1.57. The lowest BCUT2D eigenvalue weighted by atomic mass is 10.4. The third-order valence-corrected chi connectivity index (χ3v) is 7.10. The monoisotopic (exact) mass is 318 g/mol. The minimum absolute atomic E-state index is 1.05. The molecule has 0 saturated heterocycles. The van der Waals surface area contributed by atoms with E-state index in [4.69, 9.17) is 0 Å². The van der Waals surface area contributed by atoms with Crippen LogP contribution in [0.1, 0.15) is 0 Å². The van der Waals surface area contributed by atoms with Crippen LogP contribution < -0.4 is 15.9 Å². The molecule has 0 N–H and O–H groups in total. The number of isocyanates is 1. The van der Waals surface area contributed by atoms with Gasteiger partial charge in [0.1, 0.15) is 0 Å². The van der Waals surface area contributed by atoms with Gasteiger partial charge in [-0.15, -0.1) is 4.85 Å². The van der Waals surface area contributed by atoms with Gasteiger partial charge in [-0.05, 0) is 0 Å². The molecule has 0 bridgehead atoms. The molecular formula is C19H15N2OP. The molecule has 0 aliphatic rings. The number of carbonyl (C=O) groups excluding carboxylic acids is 1. The van der Waals surface area contributed by atoms with Crippen molar-refractivity contribution in [3.63, 3.8) is 0 Å². The maximum atomic E-state index is 10.8. The minimum Gasteiger partial charge on any atom is -0.209 e. The fourth-order valence-corrected chi connectivity index (χ4v) is 5.80. The van der Waals surface area contributed by atoms with Gasteiger partial charge >= 0.3 is 0 Å². The van der Waals surface area contributed by atoms with Crippen molar-refractivity contribution < 1.29 is 4.79 Å². The van der Waals surface area contributed by atoms with E-state index in [2.05, 4.69) is 9.96 Å². The number of benzene rings is 3. The van der Waals surface area contributed by atoms with Gasteiger partial charge in [-0.2, -0.15) is 0 Å². The Morgan fingerprint density at radius 3 is 1.26 bits per heavy atom. The third-order valence-electron chi connectivity index (χ3n) is 3.61. The summed E-state index contributed by atoms with van der Waals surface area (Å²) in [4.78, 5) is 15.3. The van der Waals surface area contributed by atoms with Crippen molar-refractivity contribution in [2.24, 2.45) is 9.96 Å². The first kappa shape index (κ1) is 15.2. The molecule has 3 rings (SSSR count). The lowest BCUT2D eigenvalue weighted by Gasteiger charge is -2.24. The molecule has 112 valence electrons. The molecular weight excluding hydrogens is 303 g/mol. The third kappa shape index (κ3) is 2.93. The van der Waals surface area contributed by atoms with Crippen molar-refractivity contribution in [2.45, 2.75) is 0 Å². The van der Waals surface area contributed by atoms with Crippen LogP contribution in [-0.4, -0.2) is 6.08 Å². The Balaban J connectivity index is 2.43. The molecule has 0 aliphatic heterocycles. The summed E-state index contributed by atoms with van der Waals surface area (Å²) in [5.41, 5.74) is 0. The molecule has 0 heterocycles. The Labute approximate surface area is 135 Å². The molecule has 0 radical (unpaired) electrons. The van der Waals surface area contributed by atoms with Crippen LogP contribution in [-0.2, 0) is 4.79 Å². The average molecular weight is 318 g/mol. The summed E-state index contributed by atoms with van der Waals surface area (Å²) < 4.78 is 0. The van der Waals surface area contributed by atoms with E-state index in [1.807, 2.05) is 91.0 Å². The molecule has 0 unspecified atom stereocenters. The predicted molar refractivity (Wildman–Crippen MR) is 95.7 cm³/mol. The fraction of sp³-hybridized carbons (Fsp3) is 0. The second-order valence-electron chi connectivity index (χ2n) is 4.92. The van der Waals surface area contributed by atoms with Crippen LogP contribution in [0, 0.1) is 0 Å². The van der Waals surface area contributed by atoms with Crippen LogP contribution >= 0.6 is 7.05 Å². The first-order valence-corrected chi connectivity index (χ1v) is 8.97. The highest BCUT2D eigenvalue weighted by molar-refractivity contribution is 7.87. The van der Waals surface area contributed by atoms with E-state index >= 15 is 0 Å². The first-order chi connectivity index (χ1) is 11.4. The largest absolute Gasteiger partial charge is 0.260 e. The molecule has 0 amide bonds. The summed E-state index contributed by atoms with van der Waals surface area (Å²) in [5, 5.41) is 6.80. The standard InChI is InChI=1S/C19H15N2OP/c22-16-20-21-23(17-10-4-1-5-11-17,18-12-6-2-7-13-18)19-14-8-3-9-15-19/h1-15H. The number of hydrogen-bond donors (Lipinski definition) is 0. The Bertz CT molecular complexity index is 768. The fourth-order valence-electron chi connectivity index (χ4n) is 2.62. The summed E-state index contributed by atoms with van der Waals surface area (Å²) in [7, 11) is -2.37. The highest BCUT2D eigenvalue weighted by Crippen LogP contribution is 2.46. The van der Waals surface area contributed by atoms with E-state index in [1.165, 1.54) is 0 Å². The van der Waals surface area contributed by atoms with E-state index < -0.39 is 7.05 Å². The van der Waals surface area contributed by atoms with Gasteiger partial charge in [0.15, 0.2) is 0 Å². The van der Waals surface area contributed by atoms with Gasteiger partial charge in [0.25, 0.3) is 6.08 Å². The van der Waals surface area contributed by atoms with Crippen molar-refractivity contribution in [3.8, 4) is 0 Å². The maximum Gasteiger partial charge on any atom is 0.260 e. The Hall–Kier alpha value is -2.73. The topological polar surface area (TPSA) is 41.8 Å². The quantitative estimate of drug-likeness (QED) is 0.314. The van der Waals surface area contributed by atoms with E-state index in [9.17, 15) is 4.79 Å². The predicted octanol–water partition coefficient (Wildman–Crippen LogP) is 3.41. The lowest BCUT2D eigenvalue weighted by molar-refractivity contribution is 0.563. The molecule has 4 heteroatoms. The molecule has 0 spiro atoms. The molecule has 23 heavy (non-hydrogen) atoms. The smallest absolute Gasteiger partial charge is 0.209 e. The van der Waals surface area contributed by atoms with Gasteiger partial charge < -0.3 is 0 Å². The SMILES string of the molecule is O=C=NN=P(c1ccccc1)(c1ccccc1)c1ccccc1. The molecule has 0 atom stereocenters. The summed E-state index contributed by atoms with van der Waals surface area (Å²) in [6.45, 7) is 0. The van der Waals surface area contributed by atoms with E-state index in [0.717, 1.165) is 15.9 Å². The van der Waals surface area contributed by atoms with Crippen molar-refractivity contribution in [1.29, 1.82) is 0 Å². The van der Waals surface area contributed by atoms with Crippen molar-refractivity contribution in [1.82, 2.24) is 0 Å². The van der Waals surface area contributed by atoms with Gasteiger partial charge in [-0.25, -0.2) is 4.79 Å². The van der Waals surface area contributed by atoms with Crippen molar-refractivity contribution >= 4 is 29.0 Å².